The highest BCUT2D eigenvalue weighted by Gasteiger charge is 2.32. The molecule has 0 saturated heterocycles. The van der Waals surface area contributed by atoms with E-state index in [1.54, 1.807) is 10.9 Å². The van der Waals surface area contributed by atoms with Crippen LogP contribution in [0.1, 0.15) is 23.0 Å². The molecule has 2 aromatic rings. The number of nitrogens with zero attached hydrogens (tertiary/aromatic N) is 4. The summed E-state index contributed by atoms with van der Waals surface area (Å²) >= 11 is 0. The standard InChI is InChI=1S/C15H18F3N7O/c1-25-10-2-4-19-12(9(10)8-23-25)13(26)20-6-7-22-14-21-5-3-11(24-14)15(16,17)18/h3,5,8,12,19H,2,4,6-7H2,1H3,(H,20,26)(H,21,22,24). The molecule has 0 fully saturated rings. The van der Waals surface area contributed by atoms with E-state index >= 15 is 0 Å². The Labute approximate surface area is 147 Å². The average molecular weight is 369 g/mol. The second-order valence-electron chi connectivity index (χ2n) is 5.79. The van der Waals surface area contributed by atoms with Crippen LogP contribution in [0.15, 0.2) is 18.5 Å². The molecule has 1 atom stereocenters. The number of carbonyl (C=O) groups is 1. The van der Waals surface area contributed by atoms with Gasteiger partial charge in [-0.05, 0) is 6.07 Å². The smallest absolute Gasteiger partial charge is 0.353 e. The maximum absolute atomic E-state index is 12.6. The van der Waals surface area contributed by atoms with E-state index < -0.39 is 17.9 Å². The fraction of sp³-hybridized carbons (Fsp3) is 0.467. The lowest BCUT2D eigenvalue weighted by Crippen LogP contribution is -2.42. The highest BCUT2D eigenvalue weighted by molar-refractivity contribution is 5.83. The van der Waals surface area contributed by atoms with Crippen molar-refractivity contribution in [2.24, 2.45) is 7.05 Å². The Morgan fingerprint density at radius 2 is 2.23 bits per heavy atom. The number of alkyl halides is 3. The van der Waals surface area contributed by atoms with E-state index in [4.69, 9.17) is 0 Å². The summed E-state index contributed by atoms with van der Waals surface area (Å²) in [5.41, 5.74) is 0.833. The van der Waals surface area contributed by atoms with Gasteiger partial charge in [-0.25, -0.2) is 9.97 Å². The quantitative estimate of drug-likeness (QED) is 0.670. The first kappa shape index (κ1) is 18.1. The number of aryl methyl sites for hydroxylation is 1. The fourth-order valence-corrected chi connectivity index (χ4v) is 2.77. The van der Waals surface area contributed by atoms with E-state index in [1.807, 2.05) is 7.05 Å². The number of amides is 1. The molecule has 8 nitrogen and oxygen atoms in total. The van der Waals surface area contributed by atoms with Crippen LogP contribution in [0.25, 0.3) is 0 Å². The molecule has 1 unspecified atom stereocenters. The number of nitrogens with one attached hydrogen (secondary N) is 3. The van der Waals surface area contributed by atoms with Gasteiger partial charge in [0.2, 0.25) is 11.9 Å². The Balaban J connectivity index is 1.51. The highest BCUT2D eigenvalue weighted by Crippen LogP contribution is 2.27. The lowest BCUT2D eigenvalue weighted by molar-refractivity contribution is -0.141. The molecule has 140 valence electrons. The second kappa shape index (κ2) is 7.28. The van der Waals surface area contributed by atoms with Crippen molar-refractivity contribution >= 4 is 11.9 Å². The van der Waals surface area contributed by atoms with E-state index in [0.29, 0.717) is 6.54 Å². The molecule has 0 spiro atoms. The van der Waals surface area contributed by atoms with Crippen molar-refractivity contribution in [1.29, 1.82) is 0 Å². The van der Waals surface area contributed by atoms with E-state index in [1.165, 1.54) is 0 Å². The van der Waals surface area contributed by atoms with Crippen LogP contribution in [-0.4, -0.2) is 45.3 Å². The summed E-state index contributed by atoms with van der Waals surface area (Å²) in [4.78, 5) is 19.5. The van der Waals surface area contributed by atoms with E-state index in [9.17, 15) is 18.0 Å². The lowest BCUT2D eigenvalue weighted by atomic mass is 10.0. The molecule has 1 aliphatic rings. The largest absolute Gasteiger partial charge is 0.433 e. The number of carbonyl (C=O) groups excluding carboxylic acids is 1. The van der Waals surface area contributed by atoms with Crippen LogP contribution in [0, 0.1) is 0 Å². The molecular weight excluding hydrogens is 351 g/mol. The molecule has 3 rings (SSSR count). The molecule has 0 aromatic carbocycles. The monoisotopic (exact) mass is 369 g/mol. The molecule has 0 saturated carbocycles. The number of halogens is 3. The van der Waals surface area contributed by atoms with Crippen LogP contribution in [0.2, 0.25) is 0 Å². The van der Waals surface area contributed by atoms with Crippen LogP contribution in [0.3, 0.4) is 0 Å². The molecule has 2 aromatic heterocycles. The van der Waals surface area contributed by atoms with Crippen LogP contribution in [-0.2, 0) is 24.4 Å². The van der Waals surface area contributed by atoms with Crippen molar-refractivity contribution in [2.45, 2.75) is 18.6 Å². The number of aromatic nitrogens is 4. The predicted molar refractivity (Wildman–Crippen MR) is 86.2 cm³/mol. The second-order valence-corrected chi connectivity index (χ2v) is 5.79. The van der Waals surface area contributed by atoms with Gasteiger partial charge in [-0.15, -0.1) is 0 Å². The molecule has 0 bridgehead atoms. The number of rotatable bonds is 5. The Morgan fingerprint density at radius 1 is 1.42 bits per heavy atom. The Hall–Kier alpha value is -2.69. The molecule has 3 heterocycles. The molecule has 26 heavy (non-hydrogen) atoms. The van der Waals surface area contributed by atoms with Gasteiger partial charge in [-0.2, -0.15) is 18.3 Å². The summed E-state index contributed by atoms with van der Waals surface area (Å²) in [5.74, 6) is -0.356. The van der Waals surface area contributed by atoms with Crippen LogP contribution in [0.5, 0.6) is 0 Å². The fourth-order valence-electron chi connectivity index (χ4n) is 2.77. The third-order valence-electron chi connectivity index (χ3n) is 4.03. The number of anilines is 1. The Kier molecular flexibility index (Phi) is 5.07. The zero-order chi connectivity index (χ0) is 18.7. The van der Waals surface area contributed by atoms with Crippen molar-refractivity contribution < 1.29 is 18.0 Å². The third kappa shape index (κ3) is 3.93. The molecule has 0 aliphatic carbocycles. The minimum atomic E-state index is -4.53. The molecule has 1 amide bonds. The van der Waals surface area contributed by atoms with Gasteiger partial charge in [-0.1, -0.05) is 0 Å². The molecule has 3 N–H and O–H groups in total. The van der Waals surface area contributed by atoms with Crippen LogP contribution >= 0.6 is 0 Å². The SMILES string of the molecule is Cn1ncc2c1CCNC2C(=O)NCCNc1nccc(C(F)(F)F)n1. The van der Waals surface area contributed by atoms with Gasteiger partial charge >= 0.3 is 6.18 Å². The minimum absolute atomic E-state index is 0.139. The Morgan fingerprint density at radius 3 is 3.00 bits per heavy atom. The highest BCUT2D eigenvalue weighted by atomic mass is 19.4. The van der Waals surface area contributed by atoms with Gasteiger partial charge in [0.1, 0.15) is 11.7 Å². The lowest BCUT2D eigenvalue weighted by Gasteiger charge is -2.23. The van der Waals surface area contributed by atoms with Crippen molar-refractivity contribution in [1.82, 2.24) is 30.4 Å². The van der Waals surface area contributed by atoms with E-state index in [0.717, 1.165) is 29.9 Å². The number of fused-ring (bicyclic) bond motifs is 1. The maximum Gasteiger partial charge on any atom is 0.433 e. The van der Waals surface area contributed by atoms with Gasteiger partial charge in [-0.3, -0.25) is 9.48 Å². The first-order valence-electron chi connectivity index (χ1n) is 8.02. The maximum atomic E-state index is 12.6. The molecule has 0 radical (unpaired) electrons. The van der Waals surface area contributed by atoms with Gasteiger partial charge < -0.3 is 16.0 Å². The number of hydrogen-bond donors (Lipinski definition) is 3. The van der Waals surface area contributed by atoms with E-state index in [2.05, 4.69) is 31.0 Å². The summed E-state index contributed by atoms with van der Waals surface area (Å²) in [5, 5.41) is 12.7. The predicted octanol–water partition coefficient (Wildman–Crippen LogP) is 0.644. The summed E-state index contributed by atoms with van der Waals surface area (Å²) in [7, 11) is 1.83. The van der Waals surface area contributed by atoms with Gasteiger partial charge in [0, 0.05) is 50.6 Å². The van der Waals surface area contributed by atoms with Gasteiger partial charge in [0.25, 0.3) is 0 Å². The first-order chi connectivity index (χ1) is 12.4. The molecule has 11 heteroatoms. The van der Waals surface area contributed by atoms with Crippen molar-refractivity contribution in [3.8, 4) is 0 Å². The van der Waals surface area contributed by atoms with Gasteiger partial charge in [0.15, 0.2) is 0 Å². The first-order valence-corrected chi connectivity index (χ1v) is 8.02. The summed E-state index contributed by atoms with van der Waals surface area (Å²) in [6.07, 6.45) is -1.03. The molecule has 1 aliphatic heterocycles. The summed E-state index contributed by atoms with van der Waals surface area (Å²) in [6, 6.07) is 0.310. The molecular formula is C15H18F3N7O. The number of hydrogen-bond acceptors (Lipinski definition) is 6. The Bertz CT molecular complexity index is 790. The zero-order valence-corrected chi connectivity index (χ0v) is 14.0. The minimum Gasteiger partial charge on any atom is -0.353 e. The summed E-state index contributed by atoms with van der Waals surface area (Å²) in [6.45, 7) is 1.08. The van der Waals surface area contributed by atoms with Crippen molar-refractivity contribution in [3.05, 3.63) is 35.4 Å². The van der Waals surface area contributed by atoms with Crippen LogP contribution < -0.4 is 16.0 Å². The van der Waals surface area contributed by atoms with Crippen molar-refractivity contribution in [2.75, 3.05) is 25.0 Å². The van der Waals surface area contributed by atoms with E-state index in [-0.39, 0.29) is 24.9 Å². The normalized spacial score (nSPS) is 16.8. The average Bonchev–Trinajstić information content (AvgIpc) is 2.99. The topological polar surface area (TPSA) is 96.8 Å². The van der Waals surface area contributed by atoms with Gasteiger partial charge in [0.05, 0.1) is 6.20 Å². The zero-order valence-electron chi connectivity index (χ0n) is 14.0. The summed E-state index contributed by atoms with van der Waals surface area (Å²) < 4.78 is 39.6. The third-order valence-corrected chi connectivity index (χ3v) is 4.03. The van der Waals surface area contributed by atoms with Crippen molar-refractivity contribution in [3.63, 3.8) is 0 Å². The van der Waals surface area contributed by atoms with Crippen LogP contribution in [0.4, 0.5) is 19.1 Å².